The van der Waals surface area contributed by atoms with Crippen molar-refractivity contribution >= 4 is 29.2 Å². The molecule has 1 heterocycles. The maximum absolute atomic E-state index is 10.7. The molecule has 0 N–H and O–H groups in total. The Morgan fingerprint density at radius 3 is 2.94 bits per heavy atom. The Morgan fingerprint density at radius 2 is 2.25 bits per heavy atom. The van der Waals surface area contributed by atoms with Crippen molar-refractivity contribution in [3.63, 3.8) is 0 Å². The number of ether oxygens (including phenoxy) is 1. The van der Waals surface area contributed by atoms with Crippen molar-refractivity contribution in [2.75, 3.05) is 0 Å². The molecule has 5 heteroatoms. The first-order valence-electron chi connectivity index (χ1n) is 4.57. The SMILES string of the molecule is O=Cc1ccccc1OCc1cnc(Cl)s1. The Labute approximate surface area is 102 Å². The summed E-state index contributed by atoms with van der Waals surface area (Å²) in [5, 5.41) is 0. The Morgan fingerprint density at radius 1 is 1.44 bits per heavy atom. The quantitative estimate of drug-likeness (QED) is 0.786. The third-order valence-electron chi connectivity index (χ3n) is 1.94. The summed E-state index contributed by atoms with van der Waals surface area (Å²) in [4.78, 5) is 15.6. The highest BCUT2D eigenvalue weighted by atomic mass is 35.5. The number of benzene rings is 1. The van der Waals surface area contributed by atoms with Crippen molar-refractivity contribution in [1.82, 2.24) is 4.98 Å². The number of hydrogen-bond acceptors (Lipinski definition) is 4. The van der Waals surface area contributed by atoms with E-state index in [4.69, 9.17) is 16.3 Å². The van der Waals surface area contributed by atoms with Gasteiger partial charge in [0.25, 0.3) is 0 Å². The average Bonchev–Trinajstić information content (AvgIpc) is 2.73. The minimum Gasteiger partial charge on any atom is -0.487 e. The Hall–Kier alpha value is -1.39. The lowest BCUT2D eigenvalue weighted by Gasteiger charge is -2.05. The molecule has 1 aromatic carbocycles. The van der Waals surface area contributed by atoms with Gasteiger partial charge in [-0.15, -0.1) is 11.3 Å². The Bertz CT molecular complexity index is 498. The molecule has 1 aromatic heterocycles. The second kappa shape index (κ2) is 5.09. The number of hydrogen-bond donors (Lipinski definition) is 0. The molecule has 0 amide bonds. The zero-order valence-corrected chi connectivity index (χ0v) is 9.79. The molecule has 0 aliphatic carbocycles. The van der Waals surface area contributed by atoms with Crippen LogP contribution >= 0.6 is 22.9 Å². The molecule has 0 bridgehead atoms. The average molecular weight is 254 g/mol. The van der Waals surface area contributed by atoms with Crippen molar-refractivity contribution in [2.24, 2.45) is 0 Å². The van der Waals surface area contributed by atoms with Gasteiger partial charge in [0.05, 0.1) is 10.4 Å². The molecule has 82 valence electrons. The van der Waals surface area contributed by atoms with E-state index in [1.807, 2.05) is 6.07 Å². The van der Waals surface area contributed by atoms with Gasteiger partial charge in [-0.2, -0.15) is 0 Å². The summed E-state index contributed by atoms with van der Waals surface area (Å²) in [6, 6.07) is 7.08. The zero-order valence-electron chi connectivity index (χ0n) is 8.22. The summed E-state index contributed by atoms with van der Waals surface area (Å²) in [5.41, 5.74) is 0.540. The molecule has 2 aromatic rings. The van der Waals surface area contributed by atoms with Gasteiger partial charge in [-0.1, -0.05) is 23.7 Å². The van der Waals surface area contributed by atoms with Crippen molar-refractivity contribution in [2.45, 2.75) is 6.61 Å². The molecule has 0 aliphatic rings. The van der Waals surface area contributed by atoms with E-state index in [1.54, 1.807) is 24.4 Å². The maximum atomic E-state index is 10.7. The van der Waals surface area contributed by atoms with E-state index in [2.05, 4.69) is 4.98 Å². The first-order chi connectivity index (χ1) is 7.79. The summed E-state index contributed by atoms with van der Waals surface area (Å²) in [6.45, 7) is 0.370. The highest BCUT2D eigenvalue weighted by Gasteiger charge is 2.04. The van der Waals surface area contributed by atoms with Gasteiger partial charge in [0.15, 0.2) is 10.8 Å². The van der Waals surface area contributed by atoms with E-state index in [-0.39, 0.29) is 0 Å². The van der Waals surface area contributed by atoms with Crippen LogP contribution in [0, 0.1) is 0 Å². The molecular weight excluding hydrogens is 246 g/mol. The van der Waals surface area contributed by atoms with Crippen LogP contribution < -0.4 is 4.74 Å². The molecule has 0 saturated heterocycles. The van der Waals surface area contributed by atoms with Gasteiger partial charge in [-0.3, -0.25) is 4.79 Å². The van der Waals surface area contributed by atoms with E-state index >= 15 is 0 Å². The molecule has 0 fully saturated rings. The van der Waals surface area contributed by atoms with Gasteiger partial charge in [0.2, 0.25) is 0 Å². The summed E-state index contributed by atoms with van der Waals surface area (Å²) < 4.78 is 6.00. The predicted molar refractivity (Wildman–Crippen MR) is 63.3 cm³/mol. The van der Waals surface area contributed by atoms with Crippen LogP contribution in [0.1, 0.15) is 15.2 Å². The Kier molecular flexibility index (Phi) is 3.54. The number of carbonyl (C=O) groups is 1. The normalized spacial score (nSPS) is 10.1. The topological polar surface area (TPSA) is 39.2 Å². The first kappa shape index (κ1) is 11.1. The van der Waals surface area contributed by atoms with E-state index in [9.17, 15) is 4.79 Å². The molecule has 0 spiro atoms. The van der Waals surface area contributed by atoms with Gasteiger partial charge >= 0.3 is 0 Å². The fourth-order valence-electron chi connectivity index (χ4n) is 1.21. The largest absolute Gasteiger partial charge is 0.487 e. The van der Waals surface area contributed by atoms with Gasteiger partial charge in [0, 0.05) is 6.20 Å². The van der Waals surface area contributed by atoms with Crippen molar-refractivity contribution in [3.05, 3.63) is 45.4 Å². The summed E-state index contributed by atoms with van der Waals surface area (Å²) in [7, 11) is 0. The fraction of sp³-hybridized carbons (Fsp3) is 0.0909. The number of halogens is 1. The molecule has 0 saturated carbocycles. The van der Waals surface area contributed by atoms with Crippen molar-refractivity contribution in [1.29, 1.82) is 0 Å². The van der Waals surface area contributed by atoms with Crippen molar-refractivity contribution < 1.29 is 9.53 Å². The second-order valence-corrected chi connectivity index (χ2v) is 4.72. The number of nitrogens with zero attached hydrogens (tertiary/aromatic N) is 1. The maximum Gasteiger partial charge on any atom is 0.183 e. The zero-order chi connectivity index (χ0) is 11.4. The molecule has 2 rings (SSSR count). The van der Waals surface area contributed by atoms with Gasteiger partial charge in [-0.05, 0) is 12.1 Å². The summed E-state index contributed by atoms with van der Waals surface area (Å²) in [5.74, 6) is 0.571. The third kappa shape index (κ3) is 2.59. The number of rotatable bonds is 4. The minimum absolute atomic E-state index is 0.370. The molecule has 3 nitrogen and oxygen atoms in total. The second-order valence-electron chi connectivity index (χ2n) is 3.02. The van der Waals surface area contributed by atoms with E-state index in [1.165, 1.54) is 11.3 Å². The van der Waals surface area contributed by atoms with Crippen LogP contribution in [0.25, 0.3) is 0 Å². The third-order valence-corrected chi connectivity index (χ3v) is 3.03. The van der Waals surface area contributed by atoms with Crippen molar-refractivity contribution in [3.8, 4) is 5.75 Å². The molecule has 0 atom stereocenters. The lowest BCUT2D eigenvalue weighted by molar-refractivity contribution is 0.111. The lowest BCUT2D eigenvalue weighted by Crippen LogP contribution is -1.96. The summed E-state index contributed by atoms with van der Waals surface area (Å²) >= 11 is 7.06. The smallest absolute Gasteiger partial charge is 0.183 e. The molecule has 0 unspecified atom stereocenters. The fourth-order valence-corrected chi connectivity index (χ4v) is 2.10. The standard InChI is InChI=1S/C11H8ClNO2S/c12-11-13-5-9(16-11)7-15-10-4-2-1-3-8(10)6-14/h1-6H,7H2. The first-order valence-corrected chi connectivity index (χ1v) is 5.76. The number of thiazole rings is 1. The number of aldehydes is 1. The molecular formula is C11H8ClNO2S. The van der Waals surface area contributed by atoms with Crippen LogP contribution in [0.3, 0.4) is 0 Å². The van der Waals surface area contributed by atoms with Crippen LogP contribution in [-0.4, -0.2) is 11.3 Å². The van der Waals surface area contributed by atoms with Gasteiger partial charge in [-0.25, -0.2) is 4.98 Å². The molecule has 16 heavy (non-hydrogen) atoms. The number of aromatic nitrogens is 1. The van der Waals surface area contributed by atoms with E-state index in [0.29, 0.717) is 22.4 Å². The Balaban J connectivity index is 2.07. The molecule has 0 radical (unpaired) electrons. The van der Waals surface area contributed by atoms with Crippen LogP contribution in [0.5, 0.6) is 5.75 Å². The number of para-hydroxylation sites is 1. The predicted octanol–water partition coefficient (Wildman–Crippen LogP) is 3.19. The van der Waals surface area contributed by atoms with Crippen LogP contribution in [0.2, 0.25) is 4.47 Å². The number of carbonyl (C=O) groups excluding carboxylic acids is 1. The minimum atomic E-state index is 0.370. The van der Waals surface area contributed by atoms with Crippen LogP contribution in [-0.2, 0) is 6.61 Å². The van der Waals surface area contributed by atoms with Crippen LogP contribution in [0.4, 0.5) is 0 Å². The summed E-state index contributed by atoms with van der Waals surface area (Å²) in [6.07, 6.45) is 2.44. The van der Waals surface area contributed by atoms with E-state index in [0.717, 1.165) is 11.2 Å². The van der Waals surface area contributed by atoms with E-state index < -0.39 is 0 Å². The monoisotopic (exact) mass is 253 g/mol. The highest BCUT2D eigenvalue weighted by Crippen LogP contribution is 2.21. The molecule has 0 aliphatic heterocycles. The highest BCUT2D eigenvalue weighted by molar-refractivity contribution is 7.15. The van der Waals surface area contributed by atoms with Gasteiger partial charge in [0.1, 0.15) is 12.4 Å². The van der Waals surface area contributed by atoms with Crippen LogP contribution in [0.15, 0.2) is 30.5 Å². The van der Waals surface area contributed by atoms with Gasteiger partial charge < -0.3 is 4.74 Å². The lowest BCUT2D eigenvalue weighted by atomic mass is 10.2.